The second kappa shape index (κ2) is 8.20. The number of nitrogens with zero attached hydrogens (tertiary/aromatic N) is 4. The number of hydrogen-bond acceptors (Lipinski definition) is 5. The fourth-order valence-corrected chi connectivity index (χ4v) is 4.55. The third kappa shape index (κ3) is 3.96. The Morgan fingerprint density at radius 1 is 0.968 bits per heavy atom. The molecule has 0 amide bonds. The summed E-state index contributed by atoms with van der Waals surface area (Å²) in [4.78, 5) is 17.0. The van der Waals surface area contributed by atoms with Crippen LogP contribution in [0, 0.1) is 5.82 Å². The first-order chi connectivity index (χ1) is 15.1. The number of fused-ring (bicyclic) bond motifs is 2. The van der Waals surface area contributed by atoms with Crippen LogP contribution in [0.3, 0.4) is 0 Å². The fourth-order valence-electron chi connectivity index (χ4n) is 3.35. The van der Waals surface area contributed by atoms with Crippen LogP contribution in [0.5, 0.6) is 0 Å². The highest BCUT2D eigenvalue weighted by Crippen LogP contribution is 2.32. The van der Waals surface area contributed by atoms with Gasteiger partial charge in [0.15, 0.2) is 0 Å². The van der Waals surface area contributed by atoms with E-state index in [1.54, 1.807) is 24.4 Å². The Morgan fingerprint density at radius 2 is 1.74 bits per heavy atom. The van der Waals surface area contributed by atoms with E-state index >= 15 is 0 Å². The minimum absolute atomic E-state index is 0.135. The fraction of sp³-hybridized carbons (Fsp3) is 0.0435. The molecule has 0 aliphatic rings. The summed E-state index contributed by atoms with van der Waals surface area (Å²) in [5, 5.41) is 11.5. The van der Waals surface area contributed by atoms with Gasteiger partial charge in [0.25, 0.3) is 5.56 Å². The molecule has 0 N–H and O–H groups in total. The van der Waals surface area contributed by atoms with E-state index in [0.29, 0.717) is 22.8 Å². The molecule has 0 fully saturated rings. The zero-order valence-electron chi connectivity index (χ0n) is 16.0. The van der Waals surface area contributed by atoms with E-state index in [1.165, 1.54) is 34.4 Å². The topological polar surface area (TPSA) is 60.2 Å². The van der Waals surface area contributed by atoms with Crippen molar-refractivity contribution in [1.29, 1.82) is 0 Å². The van der Waals surface area contributed by atoms with Crippen LogP contribution >= 0.6 is 27.7 Å². The Hall–Kier alpha value is -3.10. The SMILES string of the molecule is O=c1cc(CSc2nnc(-c3ccc(F)cc3)c3ccccc23)nc2ccc(Br)cn12. The van der Waals surface area contributed by atoms with Crippen molar-refractivity contribution in [2.75, 3.05) is 0 Å². The maximum absolute atomic E-state index is 13.3. The van der Waals surface area contributed by atoms with Gasteiger partial charge >= 0.3 is 0 Å². The molecular weight excluding hydrogens is 479 g/mol. The Kier molecular flexibility index (Phi) is 5.25. The van der Waals surface area contributed by atoms with Gasteiger partial charge in [-0.05, 0) is 52.3 Å². The Labute approximate surface area is 189 Å². The zero-order valence-corrected chi connectivity index (χ0v) is 18.4. The number of halogens is 2. The third-order valence-corrected chi connectivity index (χ3v) is 6.29. The average Bonchev–Trinajstić information content (AvgIpc) is 2.78. The lowest BCUT2D eigenvalue weighted by Crippen LogP contribution is -2.15. The third-order valence-electron chi connectivity index (χ3n) is 4.80. The molecular formula is C23H14BrFN4OS. The van der Waals surface area contributed by atoms with Crippen LogP contribution in [0.1, 0.15) is 5.69 Å². The van der Waals surface area contributed by atoms with Crippen molar-refractivity contribution in [2.24, 2.45) is 0 Å². The van der Waals surface area contributed by atoms with Crippen LogP contribution in [0.4, 0.5) is 4.39 Å². The number of rotatable bonds is 4. The van der Waals surface area contributed by atoms with Crippen molar-refractivity contribution >= 4 is 44.1 Å². The Bertz CT molecular complexity index is 1490. The van der Waals surface area contributed by atoms with Gasteiger partial charge in [-0.25, -0.2) is 9.37 Å². The molecule has 0 aliphatic carbocycles. The van der Waals surface area contributed by atoms with Gasteiger partial charge in [0.05, 0.1) is 5.69 Å². The van der Waals surface area contributed by atoms with Gasteiger partial charge in [-0.2, -0.15) is 0 Å². The molecule has 3 heterocycles. The van der Waals surface area contributed by atoms with Crippen LogP contribution in [0.15, 0.2) is 87.2 Å². The molecule has 5 rings (SSSR count). The molecule has 3 aromatic heterocycles. The van der Waals surface area contributed by atoms with Crippen molar-refractivity contribution in [3.8, 4) is 11.3 Å². The molecule has 0 aliphatic heterocycles. The smallest absolute Gasteiger partial charge is 0.258 e. The summed E-state index contributed by atoms with van der Waals surface area (Å²) in [6, 6.07) is 19.3. The molecule has 31 heavy (non-hydrogen) atoms. The number of aromatic nitrogens is 4. The number of thioether (sulfide) groups is 1. The lowest BCUT2D eigenvalue weighted by molar-refractivity contribution is 0.628. The van der Waals surface area contributed by atoms with Crippen LogP contribution in [0.2, 0.25) is 0 Å². The normalized spacial score (nSPS) is 11.3. The molecule has 2 aromatic carbocycles. The van der Waals surface area contributed by atoms with Crippen molar-refractivity contribution < 1.29 is 4.39 Å². The van der Waals surface area contributed by atoms with Gasteiger partial charge in [0.2, 0.25) is 0 Å². The van der Waals surface area contributed by atoms with Crippen molar-refractivity contribution in [2.45, 2.75) is 10.8 Å². The minimum Gasteiger partial charge on any atom is -0.269 e. The van der Waals surface area contributed by atoms with Crippen LogP contribution < -0.4 is 5.56 Å². The van der Waals surface area contributed by atoms with E-state index in [4.69, 9.17) is 0 Å². The molecule has 8 heteroatoms. The molecule has 152 valence electrons. The summed E-state index contributed by atoms with van der Waals surface area (Å²) in [6.45, 7) is 0. The van der Waals surface area contributed by atoms with Gasteiger partial charge in [-0.1, -0.05) is 36.0 Å². The maximum atomic E-state index is 13.3. The van der Waals surface area contributed by atoms with Crippen LogP contribution in [-0.4, -0.2) is 19.6 Å². The zero-order chi connectivity index (χ0) is 21.4. The maximum Gasteiger partial charge on any atom is 0.258 e. The predicted molar refractivity (Wildman–Crippen MR) is 124 cm³/mol. The molecule has 0 radical (unpaired) electrons. The van der Waals surface area contributed by atoms with Gasteiger partial charge in [0, 0.05) is 38.8 Å². The summed E-state index contributed by atoms with van der Waals surface area (Å²) >= 11 is 4.85. The van der Waals surface area contributed by atoms with Crippen molar-refractivity contribution in [3.63, 3.8) is 0 Å². The highest BCUT2D eigenvalue weighted by atomic mass is 79.9. The molecule has 0 saturated heterocycles. The lowest BCUT2D eigenvalue weighted by atomic mass is 10.1. The first-order valence-corrected chi connectivity index (χ1v) is 11.2. The molecule has 0 bridgehead atoms. The van der Waals surface area contributed by atoms with Gasteiger partial charge in [0.1, 0.15) is 22.2 Å². The second-order valence-corrected chi connectivity index (χ2v) is 8.74. The molecule has 0 spiro atoms. The highest BCUT2D eigenvalue weighted by Gasteiger charge is 2.12. The lowest BCUT2D eigenvalue weighted by Gasteiger charge is -2.09. The molecule has 0 unspecified atom stereocenters. The van der Waals surface area contributed by atoms with E-state index in [9.17, 15) is 9.18 Å². The summed E-state index contributed by atoms with van der Waals surface area (Å²) in [6.07, 6.45) is 1.70. The van der Waals surface area contributed by atoms with Gasteiger partial charge in [-0.3, -0.25) is 9.20 Å². The standard InChI is InChI=1S/C23H14BrFN4OS/c24-15-7-10-20-26-17(11-21(30)29(20)12-15)13-31-23-19-4-2-1-3-18(19)22(27-28-23)14-5-8-16(25)9-6-14/h1-12H,13H2. The van der Waals surface area contributed by atoms with E-state index in [-0.39, 0.29) is 11.4 Å². The highest BCUT2D eigenvalue weighted by molar-refractivity contribution is 9.10. The molecule has 0 saturated carbocycles. The Morgan fingerprint density at radius 3 is 2.55 bits per heavy atom. The average molecular weight is 493 g/mol. The summed E-state index contributed by atoms with van der Waals surface area (Å²) in [7, 11) is 0. The number of hydrogen-bond donors (Lipinski definition) is 0. The summed E-state index contributed by atoms with van der Waals surface area (Å²) in [5.41, 5.74) is 2.63. The number of pyridine rings is 1. The quantitative estimate of drug-likeness (QED) is 0.310. The summed E-state index contributed by atoms with van der Waals surface area (Å²) < 4.78 is 15.6. The molecule has 5 aromatic rings. The Balaban J connectivity index is 1.50. The minimum atomic E-state index is -0.292. The molecule has 0 atom stereocenters. The first-order valence-electron chi connectivity index (χ1n) is 9.40. The molecule has 5 nitrogen and oxygen atoms in total. The van der Waals surface area contributed by atoms with Crippen molar-refractivity contribution in [1.82, 2.24) is 19.6 Å². The van der Waals surface area contributed by atoms with Crippen LogP contribution in [0.25, 0.3) is 27.7 Å². The summed E-state index contributed by atoms with van der Waals surface area (Å²) in [5.74, 6) is 0.190. The van der Waals surface area contributed by atoms with Gasteiger partial charge in [-0.15, -0.1) is 10.2 Å². The monoisotopic (exact) mass is 492 g/mol. The van der Waals surface area contributed by atoms with Crippen LogP contribution in [-0.2, 0) is 5.75 Å². The van der Waals surface area contributed by atoms with E-state index in [1.807, 2.05) is 30.3 Å². The predicted octanol–water partition coefficient (Wildman–Crippen LogP) is 5.50. The van der Waals surface area contributed by atoms with E-state index in [0.717, 1.165) is 25.8 Å². The van der Waals surface area contributed by atoms with Crippen molar-refractivity contribution in [3.05, 3.63) is 99.3 Å². The van der Waals surface area contributed by atoms with Gasteiger partial charge < -0.3 is 0 Å². The van der Waals surface area contributed by atoms with E-state index < -0.39 is 0 Å². The largest absolute Gasteiger partial charge is 0.269 e. The van der Waals surface area contributed by atoms with E-state index in [2.05, 4.69) is 31.1 Å². The number of benzene rings is 2. The second-order valence-electron chi connectivity index (χ2n) is 6.86. The first kappa shape index (κ1) is 19.8.